The second-order valence-electron chi connectivity index (χ2n) is 4.23. The molecule has 0 unspecified atom stereocenters. The molecule has 0 bridgehead atoms. The number of anilines is 1. The standard InChI is InChI=1S/C14H17N3O2S/c1-9(20-3)14(18)15-13-8-11(16-17-13)10-6-4-5-7-12(10)19-2/h4-9H,1-3H3,(H2,15,16,17,18)/t9-/m0/s1. The molecule has 2 aromatic rings. The summed E-state index contributed by atoms with van der Waals surface area (Å²) in [4.78, 5) is 11.8. The number of carbonyl (C=O) groups is 1. The maximum Gasteiger partial charge on any atom is 0.238 e. The van der Waals surface area contributed by atoms with Crippen molar-refractivity contribution in [2.75, 3.05) is 18.7 Å². The van der Waals surface area contributed by atoms with Crippen LogP contribution < -0.4 is 10.1 Å². The van der Waals surface area contributed by atoms with Crippen molar-refractivity contribution in [2.24, 2.45) is 0 Å². The third-order valence-electron chi connectivity index (χ3n) is 2.95. The number of methoxy groups -OCH3 is 1. The van der Waals surface area contributed by atoms with Gasteiger partial charge in [-0.2, -0.15) is 16.9 Å². The van der Waals surface area contributed by atoms with Crippen LogP contribution >= 0.6 is 11.8 Å². The van der Waals surface area contributed by atoms with Crippen molar-refractivity contribution >= 4 is 23.5 Å². The van der Waals surface area contributed by atoms with Gasteiger partial charge in [0.05, 0.1) is 18.1 Å². The molecule has 0 aliphatic carbocycles. The van der Waals surface area contributed by atoms with E-state index in [1.165, 1.54) is 11.8 Å². The first-order valence-electron chi connectivity index (χ1n) is 6.18. The molecule has 0 radical (unpaired) electrons. The zero-order chi connectivity index (χ0) is 14.5. The first-order chi connectivity index (χ1) is 9.65. The largest absolute Gasteiger partial charge is 0.496 e. The molecule has 0 saturated heterocycles. The molecule has 1 aromatic heterocycles. The summed E-state index contributed by atoms with van der Waals surface area (Å²) in [7, 11) is 1.62. The lowest BCUT2D eigenvalue weighted by Crippen LogP contribution is -2.22. The highest BCUT2D eigenvalue weighted by Crippen LogP contribution is 2.29. The van der Waals surface area contributed by atoms with Gasteiger partial charge in [0, 0.05) is 11.6 Å². The monoisotopic (exact) mass is 291 g/mol. The Morgan fingerprint density at radius 2 is 2.20 bits per heavy atom. The number of para-hydroxylation sites is 1. The molecule has 20 heavy (non-hydrogen) atoms. The number of nitrogens with one attached hydrogen (secondary N) is 2. The minimum atomic E-state index is -0.110. The number of hydrogen-bond donors (Lipinski definition) is 2. The minimum absolute atomic E-state index is 0.0597. The van der Waals surface area contributed by atoms with Gasteiger partial charge in [-0.3, -0.25) is 9.89 Å². The van der Waals surface area contributed by atoms with E-state index in [9.17, 15) is 4.79 Å². The zero-order valence-corrected chi connectivity index (χ0v) is 12.5. The number of aromatic nitrogens is 2. The average molecular weight is 291 g/mol. The number of aromatic amines is 1. The summed E-state index contributed by atoms with van der Waals surface area (Å²) in [6, 6.07) is 9.43. The van der Waals surface area contributed by atoms with Gasteiger partial charge in [0.15, 0.2) is 5.82 Å². The minimum Gasteiger partial charge on any atom is -0.496 e. The van der Waals surface area contributed by atoms with Crippen LogP contribution in [0.4, 0.5) is 5.82 Å². The third-order valence-corrected chi connectivity index (χ3v) is 3.87. The number of H-pyrrole nitrogens is 1. The Labute approximate surface area is 122 Å². The van der Waals surface area contributed by atoms with Crippen LogP contribution in [0.2, 0.25) is 0 Å². The fourth-order valence-corrected chi connectivity index (χ4v) is 2.00. The van der Waals surface area contributed by atoms with Crippen molar-refractivity contribution in [1.82, 2.24) is 10.2 Å². The van der Waals surface area contributed by atoms with Crippen LogP contribution in [0.1, 0.15) is 6.92 Å². The van der Waals surface area contributed by atoms with E-state index in [1.54, 1.807) is 13.2 Å². The van der Waals surface area contributed by atoms with E-state index in [0.717, 1.165) is 17.0 Å². The Bertz CT molecular complexity index is 598. The molecule has 0 aliphatic rings. The number of amides is 1. The number of carbonyl (C=O) groups excluding carboxylic acids is 1. The number of hydrogen-bond acceptors (Lipinski definition) is 4. The third kappa shape index (κ3) is 3.14. The van der Waals surface area contributed by atoms with E-state index < -0.39 is 0 Å². The molecule has 1 heterocycles. The van der Waals surface area contributed by atoms with E-state index in [2.05, 4.69) is 15.5 Å². The molecule has 106 valence electrons. The Morgan fingerprint density at radius 3 is 2.90 bits per heavy atom. The van der Waals surface area contributed by atoms with Gasteiger partial charge in [0.2, 0.25) is 5.91 Å². The number of ether oxygens (including phenoxy) is 1. The first-order valence-corrected chi connectivity index (χ1v) is 7.47. The summed E-state index contributed by atoms with van der Waals surface area (Å²) < 4.78 is 5.31. The topological polar surface area (TPSA) is 67.0 Å². The Hall–Kier alpha value is -1.95. The quantitative estimate of drug-likeness (QED) is 0.889. The zero-order valence-electron chi connectivity index (χ0n) is 11.6. The molecule has 1 atom stereocenters. The summed E-state index contributed by atoms with van der Waals surface area (Å²) in [6.07, 6.45) is 1.90. The van der Waals surface area contributed by atoms with Crippen LogP contribution in [0.25, 0.3) is 11.3 Å². The Balaban J connectivity index is 2.19. The van der Waals surface area contributed by atoms with Gasteiger partial charge in [-0.25, -0.2) is 0 Å². The summed E-state index contributed by atoms with van der Waals surface area (Å²) in [5.41, 5.74) is 1.70. The van der Waals surface area contributed by atoms with Gasteiger partial charge < -0.3 is 10.1 Å². The Kier molecular flexibility index (Phi) is 4.68. The second kappa shape index (κ2) is 6.47. The molecule has 1 aromatic carbocycles. The van der Waals surface area contributed by atoms with Crippen molar-refractivity contribution < 1.29 is 9.53 Å². The molecule has 0 aliphatic heterocycles. The molecular weight excluding hydrogens is 274 g/mol. The molecule has 2 rings (SSSR count). The van der Waals surface area contributed by atoms with Crippen molar-refractivity contribution in [3.05, 3.63) is 30.3 Å². The number of rotatable bonds is 5. The van der Waals surface area contributed by atoms with Gasteiger partial charge >= 0.3 is 0 Å². The predicted molar refractivity (Wildman–Crippen MR) is 82.2 cm³/mol. The van der Waals surface area contributed by atoms with Crippen LogP contribution in [-0.2, 0) is 4.79 Å². The molecule has 2 N–H and O–H groups in total. The summed E-state index contributed by atoms with van der Waals surface area (Å²) in [6.45, 7) is 1.85. The van der Waals surface area contributed by atoms with E-state index in [-0.39, 0.29) is 11.2 Å². The molecule has 6 heteroatoms. The highest BCUT2D eigenvalue weighted by molar-refractivity contribution is 7.99. The molecule has 0 spiro atoms. The first kappa shape index (κ1) is 14.5. The summed E-state index contributed by atoms with van der Waals surface area (Å²) in [5, 5.41) is 9.68. The van der Waals surface area contributed by atoms with Gasteiger partial charge in [-0.15, -0.1) is 0 Å². The van der Waals surface area contributed by atoms with Gasteiger partial charge in [-0.05, 0) is 25.3 Å². The van der Waals surface area contributed by atoms with Crippen molar-refractivity contribution in [2.45, 2.75) is 12.2 Å². The van der Waals surface area contributed by atoms with Crippen LogP contribution in [0, 0.1) is 0 Å². The smallest absolute Gasteiger partial charge is 0.238 e. The van der Waals surface area contributed by atoms with E-state index in [4.69, 9.17) is 4.74 Å². The normalized spacial score (nSPS) is 11.9. The number of nitrogens with zero attached hydrogens (tertiary/aromatic N) is 1. The maximum absolute atomic E-state index is 11.8. The lowest BCUT2D eigenvalue weighted by atomic mass is 10.1. The van der Waals surface area contributed by atoms with Crippen LogP contribution in [-0.4, -0.2) is 34.7 Å². The van der Waals surface area contributed by atoms with E-state index in [1.807, 2.05) is 37.4 Å². The lowest BCUT2D eigenvalue weighted by Gasteiger charge is -2.06. The molecular formula is C14H17N3O2S. The van der Waals surface area contributed by atoms with E-state index in [0.29, 0.717) is 5.82 Å². The van der Waals surface area contributed by atoms with Crippen molar-refractivity contribution in [1.29, 1.82) is 0 Å². The Morgan fingerprint density at radius 1 is 1.45 bits per heavy atom. The highest BCUT2D eigenvalue weighted by Gasteiger charge is 2.14. The van der Waals surface area contributed by atoms with Crippen molar-refractivity contribution in [3.63, 3.8) is 0 Å². The molecule has 1 amide bonds. The SMILES string of the molecule is COc1ccccc1-c1cc(NC(=O)[C@H](C)SC)n[nH]1. The predicted octanol–water partition coefficient (Wildman–Crippen LogP) is 2.78. The summed E-state index contributed by atoms with van der Waals surface area (Å²) in [5.74, 6) is 1.21. The fourth-order valence-electron chi connectivity index (χ4n) is 1.73. The molecule has 5 nitrogen and oxygen atoms in total. The average Bonchev–Trinajstić information content (AvgIpc) is 2.94. The van der Waals surface area contributed by atoms with Crippen molar-refractivity contribution in [3.8, 4) is 17.0 Å². The summed E-state index contributed by atoms with van der Waals surface area (Å²) >= 11 is 1.49. The van der Waals surface area contributed by atoms with E-state index >= 15 is 0 Å². The van der Waals surface area contributed by atoms with Gasteiger partial charge in [0.1, 0.15) is 5.75 Å². The maximum atomic E-state index is 11.8. The fraction of sp³-hybridized carbons (Fsp3) is 0.286. The lowest BCUT2D eigenvalue weighted by molar-refractivity contribution is -0.115. The molecule has 0 saturated carbocycles. The second-order valence-corrected chi connectivity index (χ2v) is 5.41. The van der Waals surface area contributed by atoms with Crippen LogP contribution in [0.3, 0.4) is 0 Å². The molecule has 0 fully saturated rings. The number of thioether (sulfide) groups is 1. The van der Waals surface area contributed by atoms with Crippen LogP contribution in [0.5, 0.6) is 5.75 Å². The highest BCUT2D eigenvalue weighted by atomic mass is 32.2. The van der Waals surface area contributed by atoms with Gasteiger partial charge in [0.25, 0.3) is 0 Å². The van der Waals surface area contributed by atoms with Crippen LogP contribution in [0.15, 0.2) is 30.3 Å². The van der Waals surface area contributed by atoms with Gasteiger partial charge in [-0.1, -0.05) is 12.1 Å². The number of benzene rings is 1.